The predicted octanol–water partition coefficient (Wildman–Crippen LogP) is 6.77. The molecule has 1 heterocycles. The summed E-state index contributed by atoms with van der Waals surface area (Å²) in [6.07, 6.45) is -9.79. The van der Waals surface area contributed by atoms with Crippen molar-refractivity contribution in [2.24, 2.45) is 16.7 Å². The molecule has 7 rings (SSSR count). The van der Waals surface area contributed by atoms with Crippen LogP contribution in [0, 0.1) is 16.7 Å². The first-order valence-corrected chi connectivity index (χ1v) is 26.3. The molecule has 370 valence electrons. The number of Topliss-reactive ketones (excluding diaryl/α,β-unsaturated/α-hetero) is 1. The summed E-state index contributed by atoms with van der Waals surface area (Å²) in [6, 6.07) is 24.2. The molecule has 11 atom stereocenters. The molecule has 3 N–H and O–H groups in total. The molecule has 11 unspecified atom stereocenters. The van der Waals surface area contributed by atoms with Gasteiger partial charge in [0.1, 0.15) is 23.9 Å². The number of rotatable bonds is 12. The van der Waals surface area contributed by atoms with E-state index in [0.29, 0.717) is 11.1 Å². The zero-order valence-corrected chi connectivity index (χ0v) is 42.2. The third kappa shape index (κ3) is 8.98. The molecule has 3 aliphatic carbocycles. The van der Waals surface area contributed by atoms with Crippen molar-refractivity contribution in [3.05, 3.63) is 119 Å². The van der Waals surface area contributed by atoms with E-state index in [1.54, 1.807) is 99.6 Å². The van der Waals surface area contributed by atoms with E-state index in [-0.39, 0.29) is 29.7 Å². The Morgan fingerprint density at radius 3 is 1.91 bits per heavy atom. The smallest absolute Gasteiger partial charge is 0.338 e. The third-order valence-corrected chi connectivity index (χ3v) is 20.1. The van der Waals surface area contributed by atoms with Gasteiger partial charge in [0.15, 0.2) is 31.9 Å². The maximum absolute atomic E-state index is 15.8. The lowest BCUT2D eigenvalue weighted by Gasteiger charge is -2.67. The van der Waals surface area contributed by atoms with Crippen LogP contribution in [-0.2, 0) is 47.3 Å². The molecule has 69 heavy (non-hydrogen) atoms. The first-order chi connectivity index (χ1) is 32.2. The molecule has 3 aromatic carbocycles. The van der Waals surface area contributed by atoms with Crippen LogP contribution in [-0.4, -0.2) is 109 Å². The van der Waals surface area contributed by atoms with Gasteiger partial charge in [-0.3, -0.25) is 19.2 Å². The maximum atomic E-state index is 15.8. The summed E-state index contributed by atoms with van der Waals surface area (Å²) in [4.78, 5) is 86.2. The van der Waals surface area contributed by atoms with Crippen LogP contribution in [0.1, 0.15) is 107 Å². The topological polar surface area (TPSA) is 210 Å². The number of nitrogens with one attached hydrogen (secondary N) is 1. The third-order valence-electron chi connectivity index (χ3n) is 15.7. The minimum Gasteiger partial charge on any atom is -0.456 e. The van der Waals surface area contributed by atoms with Gasteiger partial charge in [0.05, 0.1) is 35.6 Å². The first kappa shape index (κ1) is 51.3. The van der Waals surface area contributed by atoms with Crippen LogP contribution in [0.5, 0.6) is 0 Å². The van der Waals surface area contributed by atoms with Crippen molar-refractivity contribution in [1.29, 1.82) is 0 Å². The van der Waals surface area contributed by atoms with Gasteiger partial charge in [0.25, 0.3) is 5.91 Å². The molecular weight excluding hydrogens is 903 g/mol. The van der Waals surface area contributed by atoms with Crippen molar-refractivity contribution >= 4 is 43.9 Å². The Kier molecular flexibility index (Phi) is 13.9. The molecule has 0 radical (unpaired) electrons. The summed E-state index contributed by atoms with van der Waals surface area (Å²) in [5.74, 6) is -6.32. The summed E-state index contributed by atoms with van der Waals surface area (Å²) in [6.45, 7) is 18.2. The molecule has 2 saturated carbocycles. The molecule has 0 spiro atoms. The number of hydrogen-bond donors (Lipinski definition) is 3. The standard InChI is InChI=1S/C53H65NO14Si/c1-30-36(65-48(61)42(68-69(10,11)49(4,5)6)40(33-21-15-12-16-22-33)54-46(59)34-23-17-13-18-24-34)28-53(62)45(66-47(60)35-25-19-14-20-26-35)43-51(9,37(57)27-38-52(43,29-63-38)67-32(3)56)44(58)41(64-31(2)55)39(30)50(53,7)8/h12-26,36-38,40-43,45,57,62H,27-29H2,1-11H3,(H,54,59). The number of esters is 4. The second-order valence-electron chi connectivity index (χ2n) is 21.2. The summed E-state index contributed by atoms with van der Waals surface area (Å²) < 4.78 is 38.2. The van der Waals surface area contributed by atoms with Crippen LogP contribution in [0.4, 0.5) is 0 Å². The average molecular weight is 968 g/mol. The number of amides is 1. The lowest BCUT2D eigenvalue weighted by atomic mass is 9.44. The predicted molar refractivity (Wildman–Crippen MR) is 254 cm³/mol. The van der Waals surface area contributed by atoms with E-state index in [2.05, 4.69) is 5.32 Å². The fraction of sp³-hybridized carbons (Fsp3) is 0.509. The summed E-state index contributed by atoms with van der Waals surface area (Å²) in [5, 5.41) is 28.8. The number of fused-ring (bicyclic) bond motifs is 5. The quantitative estimate of drug-likeness (QED) is 0.0741. The molecule has 1 amide bonds. The van der Waals surface area contributed by atoms with E-state index in [0.717, 1.165) is 6.92 Å². The van der Waals surface area contributed by atoms with E-state index in [1.165, 1.54) is 26.0 Å². The fourth-order valence-corrected chi connectivity index (χ4v) is 12.0. The van der Waals surface area contributed by atoms with Crippen LogP contribution in [0.2, 0.25) is 18.1 Å². The Hall–Kier alpha value is -5.52. The summed E-state index contributed by atoms with van der Waals surface area (Å²) in [5.41, 5.74) is -6.59. The van der Waals surface area contributed by atoms with Gasteiger partial charge in [0, 0.05) is 37.7 Å². The van der Waals surface area contributed by atoms with Gasteiger partial charge in [-0.25, -0.2) is 9.59 Å². The van der Waals surface area contributed by atoms with Crippen LogP contribution < -0.4 is 5.32 Å². The SMILES string of the molecule is CC(=O)OC1C(=O)C2(C)C(O)CC3OCC3(OC(C)=O)C2C(OC(=O)c2ccccc2)C2(O)CC(OC(=O)C(O[Si](C)(C)C(C)(C)C)C(NC(=O)c3ccccc3)c3ccccc3)C(C)=C1C2(C)C. The molecule has 4 aliphatic rings. The molecule has 1 aliphatic heterocycles. The van der Waals surface area contributed by atoms with Gasteiger partial charge in [-0.2, -0.15) is 0 Å². The normalized spacial score (nSPS) is 30.4. The van der Waals surface area contributed by atoms with E-state index in [4.69, 9.17) is 28.1 Å². The summed E-state index contributed by atoms with van der Waals surface area (Å²) in [7, 11) is -2.93. The number of ketones is 1. The van der Waals surface area contributed by atoms with Gasteiger partial charge in [0.2, 0.25) is 0 Å². The van der Waals surface area contributed by atoms with Crippen molar-refractivity contribution in [2.75, 3.05) is 6.61 Å². The molecule has 3 fully saturated rings. The average Bonchev–Trinajstić information content (AvgIpc) is 3.28. The lowest BCUT2D eigenvalue weighted by molar-refractivity contribution is -0.346. The Morgan fingerprint density at radius 1 is 0.826 bits per heavy atom. The Bertz CT molecular complexity index is 2510. The molecule has 1 saturated heterocycles. The number of carbonyl (C=O) groups is 6. The number of aliphatic hydroxyl groups excluding tert-OH is 1. The maximum Gasteiger partial charge on any atom is 0.338 e. The molecular formula is C53H65NO14Si. The van der Waals surface area contributed by atoms with E-state index < -0.39 is 126 Å². The highest BCUT2D eigenvalue weighted by molar-refractivity contribution is 6.74. The Balaban J connectivity index is 1.44. The second-order valence-corrected chi connectivity index (χ2v) is 26.0. The Labute approximate surface area is 404 Å². The van der Waals surface area contributed by atoms with Gasteiger partial charge in [-0.15, -0.1) is 0 Å². The van der Waals surface area contributed by atoms with Gasteiger partial charge >= 0.3 is 23.9 Å². The van der Waals surface area contributed by atoms with E-state index in [1.807, 2.05) is 33.9 Å². The largest absolute Gasteiger partial charge is 0.456 e. The van der Waals surface area contributed by atoms with Crippen LogP contribution in [0.25, 0.3) is 0 Å². The number of ether oxygens (including phenoxy) is 5. The molecule has 16 heteroatoms. The lowest BCUT2D eigenvalue weighted by Crippen LogP contribution is -2.82. The van der Waals surface area contributed by atoms with Crippen LogP contribution in [0.3, 0.4) is 0 Å². The highest BCUT2D eigenvalue weighted by Crippen LogP contribution is 2.64. The number of aliphatic hydroxyl groups is 2. The van der Waals surface area contributed by atoms with Crippen molar-refractivity contribution in [1.82, 2.24) is 5.32 Å². The zero-order valence-electron chi connectivity index (χ0n) is 41.2. The number of carbonyl (C=O) groups excluding carboxylic acids is 6. The highest BCUT2D eigenvalue weighted by atomic mass is 28.4. The zero-order chi connectivity index (χ0) is 50.6. The minimum absolute atomic E-state index is 0.0502. The van der Waals surface area contributed by atoms with Crippen molar-refractivity contribution in [3.63, 3.8) is 0 Å². The molecule has 3 aromatic rings. The van der Waals surface area contributed by atoms with Crippen LogP contribution >= 0.6 is 0 Å². The number of hydrogen-bond acceptors (Lipinski definition) is 14. The second kappa shape index (κ2) is 18.7. The fourth-order valence-electron chi connectivity index (χ4n) is 10.8. The molecule has 2 bridgehead atoms. The molecule has 15 nitrogen and oxygen atoms in total. The number of benzene rings is 3. The molecule has 0 aromatic heterocycles. The minimum atomic E-state index is -2.93. The van der Waals surface area contributed by atoms with Crippen LogP contribution in [0.15, 0.2) is 102 Å². The summed E-state index contributed by atoms with van der Waals surface area (Å²) >= 11 is 0. The first-order valence-electron chi connectivity index (χ1n) is 23.4. The van der Waals surface area contributed by atoms with E-state index in [9.17, 15) is 29.4 Å². The van der Waals surface area contributed by atoms with Gasteiger partial charge < -0.3 is 43.6 Å². The van der Waals surface area contributed by atoms with Crippen molar-refractivity contribution in [2.45, 2.75) is 147 Å². The van der Waals surface area contributed by atoms with Gasteiger partial charge in [-0.1, -0.05) is 101 Å². The van der Waals surface area contributed by atoms with E-state index >= 15 is 9.59 Å². The van der Waals surface area contributed by atoms with Crippen molar-refractivity contribution < 1.29 is 67.1 Å². The van der Waals surface area contributed by atoms with Crippen molar-refractivity contribution in [3.8, 4) is 0 Å². The van der Waals surface area contributed by atoms with Gasteiger partial charge in [-0.05, 0) is 73.0 Å². The highest BCUT2D eigenvalue weighted by Gasteiger charge is 2.78. The Morgan fingerprint density at radius 2 is 1.39 bits per heavy atom. The monoisotopic (exact) mass is 967 g/mol.